The number of carbonyl (C=O) groups excluding carboxylic acids is 1. The van der Waals surface area contributed by atoms with Crippen molar-refractivity contribution in [2.45, 2.75) is 26.3 Å². The van der Waals surface area contributed by atoms with E-state index in [1.165, 1.54) is 18.4 Å². The molecule has 0 aliphatic heterocycles. The molecule has 0 fully saturated rings. The van der Waals surface area contributed by atoms with Crippen molar-refractivity contribution in [3.05, 3.63) is 40.4 Å². The number of rotatable bonds is 6. The zero-order valence-corrected chi connectivity index (χ0v) is 15.0. The Hall–Kier alpha value is -2.45. The number of hydrogen-bond acceptors (Lipinski definition) is 8. The van der Waals surface area contributed by atoms with E-state index >= 15 is 0 Å². The van der Waals surface area contributed by atoms with Gasteiger partial charge in [-0.2, -0.15) is 0 Å². The Kier molecular flexibility index (Phi) is 5.00. The molecule has 25 heavy (non-hydrogen) atoms. The molecule has 0 saturated carbocycles. The number of carbonyl (C=O) groups is 1. The molecule has 132 valence electrons. The number of aliphatic hydroxyl groups is 1. The first kappa shape index (κ1) is 17.4. The van der Waals surface area contributed by atoms with E-state index in [0.29, 0.717) is 28.7 Å². The third-order valence-corrected chi connectivity index (χ3v) is 5.05. The monoisotopic (exact) mass is 361 g/mol. The first-order valence-corrected chi connectivity index (χ1v) is 8.63. The van der Waals surface area contributed by atoms with Gasteiger partial charge in [0.05, 0.1) is 24.8 Å². The van der Waals surface area contributed by atoms with Crippen LogP contribution in [-0.4, -0.2) is 34.8 Å². The van der Waals surface area contributed by atoms with Crippen molar-refractivity contribution in [3.63, 3.8) is 0 Å². The summed E-state index contributed by atoms with van der Waals surface area (Å²) in [4.78, 5) is 22.2. The molecule has 7 nitrogen and oxygen atoms in total. The smallest absolute Gasteiger partial charge is 0.348 e. The van der Waals surface area contributed by atoms with E-state index in [9.17, 15) is 9.90 Å². The molecule has 0 aliphatic rings. The van der Waals surface area contributed by atoms with E-state index in [2.05, 4.69) is 15.3 Å². The van der Waals surface area contributed by atoms with Crippen molar-refractivity contribution in [2.75, 3.05) is 19.0 Å². The molecule has 0 bridgehead atoms. The Labute approximate surface area is 148 Å². The average Bonchev–Trinajstić information content (AvgIpc) is 3.22. The maximum atomic E-state index is 12.0. The number of hydrogen-bond donors (Lipinski definition) is 2. The molecular weight excluding hydrogens is 342 g/mol. The van der Waals surface area contributed by atoms with Crippen LogP contribution in [0.5, 0.6) is 0 Å². The van der Waals surface area contributed by atoms with Gasteiger partial charge in [0, 0.05) is 6.61 Å². The van der Waals surface area contributed by atoms with Gasteiger partial charge < -0.3 is 19.6 Å². The third kappa shape index (κ3) is 3.35. The SMILES string of the molecule is COC(=O)c1sc2nc(C)nc(NC(CCO)c3ccco3)c2c1C. The molecule has 3 heterocycles. The first-order valence-electron chi connectivity index (χ1n) is 7.82. The zero-order chi connectivity index (χ0) is 18.0. The summed E-state index contributed by atoms with van der Waals surface area (Å²) < 4.78 is 10.3. The number of aromatic nitrogens is 2. The Bertz CT molecular complexity index is 889. The lowest BCUT2D eigenvalue weighted by molar-refractivity contribution is 0.0605. The molecule has 0 aromatic carbocycles. The number of anilines is 1. The van der Waals surface area contributed by atoms with Gasteiger partial charge in [0.2, 0.25) is 0 Å². The molecule has 0 spiro atoms. The Morgan fingerprint density at radius 3 is 2.88 bits per heavy atom. The molecular formula is C17H19N3O4S. The molecule has 1 unspecified atom stereocenters. The number of aryl methyl sites for hydroxylation is 2. The van der Waals surface area contributed by atoms with Gasteiger partial charge in [0.15, 0.2) is 0 Å². The maximum Gasteiger partial charge on any atom is 0.348 e. The van der Waals surface area contributed by atoms with Gasteiger partial charge >= 0.3 is 5.97 Å². The fourth-order valence-corrected chi connectivity index (χ4v) is 3.85. The lowest BCUT2D eigenvalue weighted by atomic mass is 10.1. The largest absolute Gasteiger partial charge is 0.467 e. The highest BCUT2D eigenvalue weighted by Gasteiger charge is 2.23. The summed E-state index contributed by atoms with van der Waals surface area (Å²) in [5.74, 6) is 1.53. The van der Waals surface area contributed by atoms with Crippen molar-refractivity contribution in [1.29, 1.82) is 0 Å². The minimum atomic E-state index is -0.387. The number of furan rings is 1. The molecule has 0 radical (unpaired) electrons. The van der Waals surface area contributed by atoms with Gasteiger partial charge in [0.1, 0.15) is 27.1 Å². The molecule has 1 atom stereocenters. The van der Waals surface area contributed by atoms with Crippen molar-refractivity contribution in [1.82, 2.24) is 9.97 Å². The number of fused-ring (bicyclic) bond motifs is 1. The summed E-state index contributed by atoms with van der Waals surface area (Å²) in [7, 11) is 1.36. The number of thiophene rings is 1. The summed E-state index contributed by atoms with van der Waals surface area (Å²) in [5, 5.41) is 13.5. The van der Waals surface area contributed by atoms with Crippen LogP contribution in [0.4, 0.5) is 5.82 Å². The van der Waals surface area contributed by atoms with Gasteiger partial charge in [0.25, 0.3) is 0 Å². The topological polar surface area (TPSA) is 97.5 Å². The van der Waals surface area contributed by atoms with E-state index in [4.69, 9.17) is 9.15 Å². The Balaban J connectivity index is 2.08. The van der Waals surface area contributed by atoms with E-state index in [1.807, 2.05) is 13.0 Å². The van der Waals surface area contributed by atoms with Crippen LogP contribution < -0.4 is 5.32 Å². The van der Waals surface area contributed by atoms with Gasteiger partial charge in [-0.25, -0.2) is 14.8 Å². The zero-order valence-electron chi connectivity index (χ0n) is 14.2. The molecule has 0 aliphatic carbocycles. The molecule has 2 N–H and O–H groups in total. The average molecular weight is 361 g/mol. The second kappa shape index (κ2) is 7.20. The normalized spacial score (nSPS) is 12.3. The summed E-state index contributed by atoms with van der Waals surface area (Å²) >= 11 is 1.28. The number of nitrogens with zero attached hydrogens (tertiary/aromatic N) is 2. The highest BCUT2D eigenvalue weighted by atomic mass is 32.1. The summed E-state index contributed by atoms with van der Waals surface area (Å²) in [6.45, 7) is 3.65. The number of nitrogens with one attached hydrogen (secondary N) is 1. The Morgan fingerprint density at radius 1 is 1.44 bits per heavy atom. The molecule has 3 aromatic rings. The third-order valence-electron chi connectivity index (χ3n) is 3.89. The standard InChI is InChI=1S/C17H19N3O4S/c1-9-13-15(20-11(6-7-21)12-5-4-8-24-12)18-10(2)19-16(13)25-14(9)17(22)23-3/h4-5,8,11,21H,6-7H2,1-3H3,(H,18,19,20). The van der Waals surface area contributed by atoms with Gasteiger partial charge in [-0.1, -0.05) is 0 Å². The quantitative estimate of drug-likeness (QED) is 0.651. The summed E-state index contributed by atoms with van der Waals surface area (Å²) in [6, 6.07) is 3.41. The number of methoxy groups -OCH3 is 1. The van der Waals surface area contributed by atoms with Crippen molar-refractivity contribution < 1.29 is 19.1 Å². The number of esters is 1. The minimum absolute atomic E-state index is 0.00159. The molecule has 0 amide bonds. The van der Waals surface area contributed by atoms with Crippen LogP contribution in [-0.2, 0) is 4.74 Å². The summed E-state index contributed by atoms with van der Waals surface area (Å²) in [6.07, 6.45) is 2.05. The van der Waals surface area contributed by atoms with Crippen LogP contribution >= 0.6 is 11.3 Å². The number of aliphatic hydroxyl groups excluding tert-OH is 1. The second-order valence-electron chi connectivity index (χ2n) is 5.57. The van der Waals surface area contributed by atoms with Crippen molar-refractivity contribution in [2.24, 2.45) is 0 Å². The van der Waals surface area contributed by atoms with E-state index in [0.717, 1.165) is 15.8 Å². The van der Waals surface area contributed by atoms with Crippen molar-refractivity contribution in [3.8, 4) is 0 Å². The van der Waals surface area contributed by atoms with Crippen LogP contribution in [0.25, 0.3) is 10.2 Å². The molecule has 3 rings (SSSR count). The van der Waals surface area contributed by atoms with Crippen LogP contribution in [0.3, 0.4) is 0 Å². The van der Waals surface area contributed by atoms with Gasteiger partial charge in [-0.3, -0.25) is 0 Å². The van der Waals surface area contributed by atoms with E-state index in [-0.39, 0.29) is 18.6 Å². The molecule has 0 saturated heterocycles. The van der Waals surface area contributed by atoms with Gasteiger partial charge in [-0.05, 0) is 38.0 Å². The molecule has 3 aromatic heterocycles. The summed E-state index contributed by atoms with van der Waals surface area (Å²) in [5.41, 5.74) is 0.775. The van der Waals surface area contributed by atoms with Crippen LogP contribution in [0.2, 0.25) is 0 Å². The predicted octanol–water partition coefficient (Wildman–Crippen LogP) is 3.22. The second-order valence-corrected chi connectivity index (χ2v) is 6.57. The van der Waals surface area contributed by atoms with Crippen molar-refractivity contribution >= 4 is 33.3 Å². The van der Waals surface area contributed by atoms with Gasteiger partial charge in [-0.15, -0.1) is 11.3 Å². The van der Waals surface area contributed by atoms with E-state index < -0.39 is 0 Å². The highest BCUT2D eigenvalue weighted by molar-refractivity contribution is 7.20. The fraction of sp³-hybridized carbons (Fsp3) is 0.353. The minimum Gasteiger partial charge on any atom is -0.467 e. The van der Waals surface area contributed by atoms with E-state index in [1.54, 1.807) is 19.3 Å². The lowest BCUT2D eigenvalue weighted by Crippen LogP contribution is -2.13. The lowest BCUT2D eigenvalue weighted by Gasteiger charge is -2.17. The van der Waals surface area contributed by atoms with Crippen LogP contribution in [0.1, 0.15) is 39.3 Å². The van der Waals surface area contributed by atoms with Crippen LogP contribution in [0, 0.1) is 13.8 Å². The van der Waals surface area contributed by atoms with Crippen LogP contribution in [0.15, 0.2) is 22.8 Å². The Morgan fingerprint density at radius 2 is 2.24 bits per heavy atom. The maximum absolute atomic E-state index is 12.0. The predicted molar refractivity (Wildman–Crippen MR) is 95.0 cm³/mol. The molecule has 8 heteroatoms. The fourth-order valence-electron chi connectivity index (χ4n) is 2.71. The highest BCUT2D eigenvalue weighted by Crippen LogP contribution is 2.36. The first-order chi connectivity index (χ1) is 12.0. The number of ether oxygens (including phenoxy) is 1.